The molecule has 2 aromatic rings. The minimum Gasteiger partial charge on any atom is -0.313 e. The summed E-state index contributed by atoms with van der Waals surface area (Å²) in [4.78, 5) is 0. The summed E-state index contributed by atoms with van der Waals surface area (Å²) < 4.78 is 15.0. The van der Waals surface area contributed by atoms with Crippen LogP contribution in [0.3, 0.4) is 0 Å². The van der Waals surface area contributed by atoms with Crippen molar-refractivity contribution in [2.75, 3.05) is 6.54 Å². The van der Waals surface area contributed by atoms with Crippen molar-refractivity contribution in [2.45, 2.75) is 13.5 Å². The third-order valence-electron chi connectivity index (χ3n) is 2.65. The van der Waals surface area contributed by atoms with Gasteiger partial charge in [-0.15, -0.1) is 0 Å². The number of hydrogen-bond acceptors (Lipinski definition) is 2. The van der Waals surface area contributed by atoms with Crippen LogP contribution in [0.2, 0.25) is 0 Å². The van der Waals surface area contributed by atoms with Crippen molar-refractivity contribution >= 4 is 0 Å². The molecule has 1 aromatic heterocycles. The second-order valence-corrected chi connectivity index (χ2v) is 3.98. The van der Waals surface area contributed by atoms with E-state index in [2.05, 4.69) is 10.4 Å². The van der Waals surface area contributed by atoms with E-state index in [4.69, 9.17) is 0 Å². The molecule has 1 aromatic carbocycles. The number of benzene rings is 1. The second-order valence-electron chi connectivity index (χ2n) is 3.98. The minimum absolute atomic E-state index is 0.218. The summed E-state index contributed by atoms with van der Waals surface area (Å²) in [6.07, 6.45) is 3.65. The average Bonchev–Trinajstić information content (AvgIpc) is 2.74. The van der Waals surface area contributed by atoms with Crippen LogP contribution in [-0.2, 0) is 13.6 Å². The SMILES string of the molecule is CCNCc1ccc(F)cc1-c1cnn(C)c1. The molecule has 0 aliphatic rings. The summed E-state index contributed by atoms with van der Waals surface area (Å²) in [5.41, 5.74) is 2.93. The standard InChI is InChI=1S/C13H16FN3/c1-3-15-7-10-4-5-12(14)6-13(10)11-8-16-17(2)9-11/h4-6,8-9,15H,3,7H2,1-2H3. The second kappa shape index (κ2) is 5.10. The Hall–Kier alpha value is -1.68. The molecule has 0 unspecified atom stereocenters. The van der Waals surface area contributed by atoms with Gasteiger partial charge in [0, 0.05) is 25.4 Å². The molecule has 0 bridgehead atoms. The van der Waals surface area contributed by atoms with Gasteiger partial charge in [0.25, 0.3) is 0 Å². The fourth-order valence-corrected chi connectivity index (χ4v) is 1.79. The van der Waals surface area contributed by atoms with E-state index in [-0.39, 0.29) is 5.82 Å². The number of hydrogen-bond donors (Lipinski definition) is 1. The monoisotopic (exact) mass is 233 g/mol. The zero-order valence-electron chi connectivity index (χ0n) is 10.1. The largest absolute Gasteiger partial charge is 0.313 e. The molecular weight excluding hydrogens is 217 g/mol. The van der Waals surface area contributed by atoms with Crippen molar-refractivity contribution in [3.8, 4) is 11.1 Å². The highest BCUT2D eigenvalue weighted by molar-refractivity contribution is 5.66. The molecule has 0 radical (unpaired) electrons. The molecule has 0 atom stereocenters. The number of aromatic nitrogens is 2. The number of aryl methyl sites for hydroxylation is 1. The van der Waals surface area contributed by atoms with E-state index in [1.807, 2.05) is 26.2 Å². The Bertz CT molecular complexity index is 505. The molecule has 0 saturated carbocycles. The molecular formula is C13H16FN3. The van der Waals surface area contributed by atoms with Gasteiger partial charge in [-0.3, -0.25) is 4.68 Å². The van der Waals surface area contributed by atoms with E-state index in [9.17, 15) is 4.39 Å². The summed E-state index contributed by atoms with van der Waals surface area (Å²) in [5, 5.41) is 7.37. The van der Waals surface area contributed by atoms with Crippen LogP contribution >= 0.6 is 0 Å². The number of nitrogens with zero attached hydrogens (tertiary/aromatic N) is 2. The summed E-state index contributed by atoms with van der Waals surface area (Å²) in [5.74, 6) is -0.218. The maximum atomic E-state index is 13.3. The van der Waals surface area contributed by atoms with Gasteiger partial charge < -0.3 is 5.32 Å². The van der Waals surface area contributed by atoms with Crippen LogP contribution in [0.1, 0.15) is 12.5 Å². The van der Waals surface area contributed by atoms with Gasteiger partial charge in [0.2, 0.25) is 0 Å². The van der Waals surface area contributed by atoms with Gasteiger partial charge >= 0.3 is 0 Å². The summed E-state index contributed by atoms with van der Waals surface area (Å²) in [7, 11) is 1.85. The molecule has 0 saturated heterocycles. The highest BCUT2D eigenvalue weighted by Crippen LogP contribution is 2.24. The maximum absolute atomic E-state index is 13.3. The predicted molar refractivity (Wildman–Crippen MR) is 66.0 cm³/mol. The van der Waals surface area contributed by atoms with Gasteiger partial charge in [-0.25, -0.2) is 4.39 Å². The van der Waals surface area contributed by atoms with E-state index in [0.717, 1.165) is 29.8 Å². The Balaban J connectivity index is 2.39. The molecule has 0 amide bonds. The van der Waals surface area contributed by atoms with Crippen molar-refractivity contribution in [3.63, 3.8) is 0 Å². The first-order valence-electron chi connectivity index (χ1n) is 5.69. The molecule has 3 nitrogen and oxygen atoms in total. The fraction of sp³-hybridized carbons (Fsp3) is 0.308. The lowest BCUT2D eigenvalue weighted by Gasteiger charge is -2.08. The van der Waals surface area contributed by atoms with Gasteiger partial charge in [-0.05, 0) is 29.8 Å². The highest BCUT2D eigenvalue weighted by Gasteiger charge is 2.08. The molecule has 0 spiro atoms. The smallest absolute Gasteiger partial charge is 0.123 e. The zero-order valence-corrected chi connectivity index (χ0v) is 10.1. The molecule has 1 N–H and O–H groups in total. The molecule has 0 fully saturated rings. The molecule has 4 heteroatoms. The third-order valence-corrected chi connectivity index (χ3v) is 2.65. The average molecular weight is 233 g/mol. The Morgan fingerprint density at radius 3 is 2.88 bits per heavy atom. The van der Waals surface area contributed by atoms with Gasteiger partial charge in [-0.2, -0.15) is 5.10 Å². The van der Waals surface area contributed by atoms with Crippen LogP contribution < -0.4 is 5.32 Å². The topological polar surface area (TPSA) is 29.9 Å². The van der Waals surface area contributed by atoms with Gasteiger partial charge in [0.1, 0.15) is 5.82 Å². The third kappa shape index (κ3) is 2.71. The maximum Gasteiger partial charge on any atom is 0.123 e. The first-order valence-corrected chi connectivity index (χ1v) is 5.69. The van der Waals surface area contributed by atoms with Crippen LogP contribution in [0.25, 0.3) is 11.1 Å². The van der Waals surface area contributed by atoms with Crippen LogP contribution in [0.4, 0.5) is 4.39 Å². The predicted octanol–water partition coefficient (Wildman–Crippen LogP) is 2.34. The molecule has 90 valence electrons. The van der Waals surface area contributed by atoms with Crippen LogP contribution in [-0.4, -0.2) is 16.3 Å². The van der Waals surface area contributed by atoms with Crippen LogP contribution in [0.15, 0.2) is 30.6 Å². The fourth-order valence-electron chi connectivity index (χ4n) is 1.79. The molecule has 1 heterocycles. The summed E-state index contributed by atoms with van der Waals surface area (Å²) >= 11 is 0. The van der Waals surface area contributed by atoms with Crippen molar-refractivity contribution in [3.05, 3.63) is 42.0 Å². The first kappa shape index (κ1) is 11.8. The lowest BCUT2D eigenvalue weighted by Crippen LogP contribution is -2.12. The number of nitrogens with one attached hydrogen (secondary N) is 1. The van der Waals surface area contributed by atoms with E-state index >= 15 is 0 Å². The molecule has 17 heavy (non-hydrogen) atoms. The molecule has 2 rings (SSSR count). The Kier molecular flexibility index (Phi) is 3.54. The first-order chi connectivity index (χ1) is 8.20. The zero-order chi connectivity index (χ0) is 12.3. The van der Waals surface area contributed by atoms with Crippen molar-refractivity contribution in [1.29, 1.82) is 0 Å². The van der Waals surface area contributed by atoms with E-state index < -0.39 is 0 Å². The van der Waals surface area contributed by atoms with Gasteiger partial charge in [-0.1, -0.05) is 13.0 Å². The Labute approximate surface area is 100 Å². The minimum atomic E-state index is -0.218. The van der Waals surface area contributed by atoms with Crippen molar-refractivity contribution in [1.82, 2.24) is 15.1 Å². The number of rotatable bonds is 4. The highest BCUT2D eigenvalue weighted by atomic mass is 19.1. The van der Waals surface area contributed by atoms with Gasteiger partial charge in [0.15, 0.2) is 0 Å². The van der Waals surface area contributed by atoms with Crippen molar-refractivity contribution < 1.29 is 4.39 Å². The van der Waals surface area contributed by atoms with Gasteiger partial charge in [0.05, 0.1) is 6.20 Å². The van der Waals surface area contributed by atoms with Crippen molar-refractivity contribution in [2.24, 2.45) is 7.05 Å². The summed E-state index contributed by atoms with van der Waals surface area (Å²) in [6.45, 7) is 3.68. The van der Waals surface area contributed by atoms with E-state index in [1.165, 1.54) is 6.07 Å². The summed E-state index contributed by atoms with van der Waals surface area (Å²) in [6, 6.07) is 4.87. The lowest BCUT2D eigenvalue weighted by atomic mass is 10.0. The normalized spacial score (nSPS) is 10.8. The van der Waals surface area contributed by atoms with Crippen LogP contribution in [0.5, 0.6) is 0 Å². The molecule has 0 aliphatic heterocycles. The Morgan fingerprint density at radius 1 is 1.41 bits per heavy atom. The lowest BCUT2D eigenvalue weighted by molar-refractivity contribution is 0.626. The molecule has 0 aliphatic carbocycles. The number of halogens is 1. The Morgan fingerprint density at radius 2 is 2.24 bits per heavy atom. The quantitative estimate of drug-likeness (QED) is 0.878. The van der Waals surface area contributed by atoms with Crippen LogP contribution in [0, 0.1) is 5.82 Å². The van der Waals surface area contributed by atoms with E-state index in [1.54, 1.807) is 16.9 Å². The van der Waals surface area contributed by atoms with E-state index in [0.29, 0.717) is 0 Å².